The molecule has 0 bridgehead atoms. The molecule has 2 aromatic rings. The number of rotatable bonds is 4. The van der Waals surface area contributed by atoms with Gasteiger partial charge in [-0.2, -0.15) is 0 Å². The smallest absolute Gasteiger partial charge is 0.205 e. The number of thiazole rings is 1. The maximum absolute atomic E-state index is 4.90. The standard InChI is InChI=1S/C14H20N4S2/c1-3-10-11(13-17-18-14(15-2)20-13)19-12(16-10)9-7-5-4-6-8-9/h9H,3-8H2,1-2H3,(H,15,18). The number of aromatic nitrogens is 3. The summed E-state index contributed by atoms with van der Waals surface area (Å²) in [5.74, 6) is 0.671. The molecule has 108 valence electrons. The predicted molar refractivity (Wildman–Crippen MR) is 85.8 cm³/mol. The minimum Gasteiger partial charge on any atom is -0.363 e. The van der Waals surface area contributed by atoms with Gasteiger partial charge in [-0.3, -0.25) is 0 Å². The molecule has 0 amide bonds. The third kappa shape index (κ3) is 2.72. The van der Waals surface area contributed by atoms with Crippen molar-refractivity contribution in [3.63, 3.8) is 0 Å². The van der Waals surface area contributed by atoms with E-state index in [1.807, 2.05) is 18.4 Å². The second-order valence-corrected chi connectivity index (χ2v) is 7.19. The highest BCUT2D eigenvalue weighted by atomic mass is 32.1. The van der Waals surface area contributed by atoms with Crippen molar-refractivity contribution in [2.45, 2.75) is 51.4 Å². The monoisotopic (exact) mass is 308 g/mol. The van der Waals surface area contributed by atoms with Crippen LogP contribution >= 0.6 is 22.7 Å². The van der Waals surface area contributed by atoms with Crippen LogP contribution in [0.2, 0.25) is 0 Å². The highest BCUT2D eigenvalue weighted by molar-refractivity contribution is 7.23. The van der Waals surface area contributed by atoms with Crippen LogP contribution in [0.15, 0.2) is 0 Å². The van der Waals surface area contributed by atoms with Crippen LogP contribution in [0, 0.1) is 0 Å². The van der Waals surface area contributed by atoms with E-state index in [2.05, 4.69) is 22.4 Å². The Kier molecular flexibility index (Phi) is 4.31. The van der Waals surface area contributed by atoms with Crippen LogP contribution in [0.5, 0.6) is 0 Å². The molecule has 0 spiro atoms. The summed E-state index contributed by atoms with van der Waals surface area (Å²) in [5, 5.41) is 14.7. The fraction of sp³-hybridized carbons (Fsp3) is 0.643. The fourth-order valence-corrected chi connectivity index (χ4v) is 4.83. The van der Waals surface area contributed by atoms with Gasteiger partial charge in [0.1, 0.15) is 0 Å². The van der Waals surface area contributed by atoms with Gasteiger partial charge in [-0.05, 0) is 19.3 Å². The molecule has 1 N–H and O–H groups in total. The van der Waals surface area contributed by atoms with Crippen LogP contribution in [-0.2, 0) is 6.42 Å². The molecule has 0 radical (unpaired) electrons. The Labute approximate surface area is 127 Å². The van der Waals surface area contributed by atoms with Gasteiger partial charge in [0.15, 0.2) is 5.01 Å². The second-order valence-electron chi connectivity index (χ2n) is 5.18. The molecule has 4 nitrogen and oxygen atoms in total. The lowest BCUT2D eigenvalue weighted by molar-refractivity contribution is 0.442. The second kappa shape index (κ2) is 6.18. The first kappa shape index (κ1) is 13.9. The topological polar surface area (TPSA) is 50.7 Å². The minimum atomic E-state index is 0.671. The maximum Gasteiger partial charge on any atom is 0.205 e. The molecule has 6 heteroatoms. The molecule has 0 unspecified atom stereocenters. The van der Waals surface area contributed by atoms with E-state index in [9.17, 15) is 0 Å². The van der Waals surface area contributed by atoms with E-state index in [1.165, 1.54) is 47.7 Å². The van der Waals surface area contributed by atoms with Gasteiger partial charge in [-0.1, -0.05) is 37.5 Å². The van der Waals surface area contributed by atoms with Crippen LogP contribution in [0.4, 0.5) is 5.13 Å². The quantitative estimate of drug-likeness (QED) is 0.914. The number of aryl methyl sites for hydroxylation is 1. The minimum absolute atomic E-state index is 0.671. The van der Waals surface area contributed by atoms with Gasteiger partial charge in [0, 0.05) is 13.0 Å². The Bertz CT molecular complexity index is 569. The molecule has 20 heavy (non-hydrogen) atoms. The van der Waals surface area contributed by atoms with E-state index in [0.29, 0.717) is 5.92 Å². The van der Waals surface area contributed by atoms with E-state index < -0.39 is 0 Å². The predicted octanol–water partition coefficient (Wildman–Crippen LogP) is 4.31. The zero-order chi connectivity index (χ0) is 13.9. The molecule has 2 heterocycles. The third-order valence-corrected chi connectivity index (χ3v) is 6.19. The van der Waals surface area contributed by atoms with Crippen molar-refractivity contribution >= 4 is 27.8 Å². The van der Waals surface area contributed by atoms with Crippen molar-refractivity contribution < 1.29 is 0 Å². The van der Waals surface area contributed by atoms with Crippen LogP contribution in [0.25, 0.3) is 9.88 Å². The van der Waals surface area contributed by atoms with Crippen molar-refractivity contribution in [1.29, 1.82) is 0 Å². The Hall–Kier alpha value is -1.01. The van der Waals surface area contributed by atoms with Gasteiger partial charge in [0.2, 0.25) is 5.13 Å². The molecule has 0 aliphatic heterocycles. The summed E-state index contributed by atoms with van der Waals surface area (Å²) in [6.07, 6.45) is 7.65. The van der Waals surface area contributed by atoms with E-state index in [0.717, 1.165) is 16.6 Å². The van der Waals surface area contributed by atoms with E-state index >= 15 is 0 Å². The third-order valence-electron chi connectivity index (χ3n) is 3.84. The van der Waals surface area contributed by atoms with Gasteiger partial charge in [-0.15, -0.1) is 21.5 Å². The van der Waals surface area contributed by atoms with Gasteiger partial charge in [0.25, 0.3) is 0 Å². The number of nitrogens with zero attached hydrogens (tertiary/aromatic N) is 3. The molecular formula is C14H20N4S2. The summed E-state index contributed by atoms with van der Waals surface area (Å²) in [6, 6.07) is 0. The molecule has 0 aromatic carbocycles. The first-order valence-corrected chi connectivity index (χ1v) is 8.96. The normalized spacial score (nSPS) is 16.5. The Morgan fingerprint density at radius 1 is 1.15 bits per heavy atom. The molecule has 0 atom stereocenters. The summed E-state index contributed by atoms with van der Waals surface area (Å²) in [4.78, 5) is 6.13. The van der Waals surface area contributed by atoms with E-state index in [1.54, 1.807) is 11.3 Å². The molecule has 2 aromatic heterocycles. The van der Waals surface area contributed by atoms with Crippen LogP contribution in [0.1, 0.15) is 55.6 Å². The average molecular weight is 308 g/mol. The Morgan fingerprint density at radius 3 is 2.60 bits per heavy atom. The molecular weight excluding hydrogens is 288 g/mol. The zero-order valence-corrected chi connectivity index (χ0v) is 13.6. The molecule has 1 aliphatic carbocycles. The fourth-order valence-electron chi connectivity index (χ4n) is 2.72. The van der Waals surface area contributed by atoms with Gasteiger partial charge in [-0.25, -0.2) is 4.98 Å². The number of hydrogen-bond donors (Lipinski definition) is 1. The maximum atomic E-state index is 4.90. The SMILES string of the molecule is CCc1nc(C2CCCCC2)sc1-c1nnc(NC)s1. The molecule has 1 fully saturated rings. The summed E-state index contributed by atoms with van der Waals surface area (Å²) in [7, 11) is 1.88. The van der Waals surface area contributed by atoms with Crippen molar-refractivity contribution in [2.75, 3.05) is 12.4 Å². The summed E-state index contributed by atoms with van der Waals surface area (Å²) >= 11 is 3.45. The summed E-state index contributed by atoms with van der Waals surface area (Å²) in [5.41, 5.74) is 1.19. The largest absolute Gasteiger partial charge is 0.363 e. The van der Waals surface area contributed by atoms with Crippen LogP contribution in [-0.4, -0.2) is 22.2 Å². The molecule has 1 saturated carbocycles. The molecule has 3 rings (SSSR count). The van der Waals surface area contributed by atoms with Crippen molar-refractivity contribution in [2.24, 2.45) is 0 Å². The molecule has 0 saturated heterocycles. The lowest BCUT2D eigenvalue weighted by atomic mass is 9.90. The highest BCUT2D eigenvalue weighted by Crippen LogP contribution is 2.40. The number of nitrogens with one attached hydrogen (secondary N) is 1. The average Bonchev–Trinajstić information content (AvgIpc) is 3.14. The van der Waals surface area contributed by atoms with Crippen LogP contribution in [0.3, 0.4) is 0 Å². The van der Waals surface area contributed by atoms with E-state index in [-0.39, 0.29) is 0 Å². The van der Waals surface area contributed by atoms with Crippen molar-refractivity contribution in [3.05, 3.63) is 10.7 Å². The first-order valence-electron chi connectivity index (χ1n) is 7.33. The Balaban J connectivity index is 1.91. The lowest BCUT2D eigenvalue weighted by Crippen LogP contribution is -2.04. The highest BCUT2D eigenvalue weighted by Gasteiger charge is 2.22. The zero-order valence-electron chi connectivity index (χ0n) is 12.0. The number of anilines is 1. The first-order chi connectivity index (χ1) is 9.81. The lowest BCUT2D eigenvalue weighted by Gasteiger charge is -2.18. The summed E-state index contributed by atoms with van der Waals surface area (Å²) < 4.78 is 0. The van der Waals surface area contributed by atoms with Crippen molar-refractivity contribution in [3.8, 4) is 9.88 Å². The van der Waals surface area contributed by atoms with Gasteiger partial charge < -0.3 is 5.32 Å². The summed E-state index contributed by atoms with van der Waals surface area (Å²) in [6.45, 7) is 2.17. The Morgan fingerprint density at radius 2 is 1.95 bits per heavy atom. The van der Waals surface area contributed by atoms with Gasteiger partial charge >= 0.3 is 0 Å². The van der Waals surface area contributed by atoms with Crippen LogP contribution < -0.4 is 5.32 Å². The molecule has 1 aliphatic rings. The van der Waals surface area contributed by atoms with Crippen molar-refractivity contribution in [1.82, 2.24) is 15.2 Å². The van der Waals surface area contributed by atoms with Gasteiger partial charge in [0.05, 0.1) is 15.6 Å². The number of hydrogen-bond acceptors (Lipinski definition) is 6. The van der Waals surface area contributed by atoms with E-state index in [4.69, 9.17) is 4.98 Å².